The van der Waals surface area contributed by atoms with Gasteiger partial charge in [0.25, 0.3) is 0 Å². The molecular weight excluding hydrogens is 467 g/mol. The first-order valence-electron chi connectivity index (χ1n) is 9.91. The van der Waals surface area contributed by atoms with Gasteiger partial charge in [-0.2, -0.15) is 0 Å². The molecule has 1 aliphatic heterocycles. The van der Waals surface area contributed by atoms with Gasteiger partial charge in [0.15, 0.2) is 5.96 Å². The smallest absolute Gasteiger partial charge is 0.222 e. The molecule has 0 spiro atoms. The van der Waals surface area contributed by atoms with Crippen molar-refractivity contribution in [3.8, 4) is 0 Å². The molecule has 0 unspecified atom stereocenters. The van der Waals surface area contributed by atoms with Crippen LogP contribution in [-0.2, 0) is 11.3 Å². The molecule has 1 fully saturated rings. The average molecular weight is 498 g/mol. The first-order valence-corrected chi connectivity index (χ1v) is 9.91. The van der Waals surface area contributed by atoms with Gasteiger partial charge in [0.2, 0.25) is 5.91 Å². The lowest BCUT2D eigenvalue weighted by molar-refractivity contribution is -0.127. The molecule has 0 saturated carbocycles. The topological polar surface area (TPSA) is 74.6 Å². The highest BCUT2D eigenvalue weighted by atomic mass is 127. The molecule has 1 aromatic carbocycles. The lowest BCUT2D eigenvalue weighted by atomic mass is 10.3. The van der Waals surface area contributed by atoms with Crippen LogP contribution in [0.5, 0.6) is 0 Å². The highest BCUT2D eigenvalue weighted by Gasteiger charge is 2.18. The maximum Gasteiger partial charge on any atom is 0.222 e. The maximum absolute atomic E-state index is 11.6. The van der Waals surface area contributed by atoms with Gasteiger partial charge in [-0.1, -0.05) is 12.1 Å². The van der Waals surface area contributed by atoms with Crippen LogP contribution in [0.4, 0.5) is 0 Å². The SMILES string of the molecule is CCNC(=NCCCN1CCCC1=O)NCCn1c(C)nc2ccccc21.I. The summed E-state index contributed by atoms with van der Waals surface area (Å²) in [6.45, 7) is 8.96. The van der Waals surface area contributed by atoms with E-state index in [1.807, 2.05) is 30.0 Å². The number of hydrogen-bond acceptors (Lipinski definition) is 3. The number of imidazole rings is 1. The molecule has 1 aliphatic rings. The second-order valence-corrected chi connectivity index (χ2v) is 6.82. The summed E-state index contributed by atoms with van der Waals surface area (Å²) in [6.07, 6.45) is 2.60. The molecule has 0 radical (unpaired) electrons. The number of nitrogens with zero attached hydrogens (tertiary/aromatic N) is 4. The van der Waals surface area contributed by atoms with Crippen LogP contribution >= 0.6 is 24.0 Å². The zero-order valence-electron chi connectivity index (χ0n) is 16.8. The van der Waals surface area contributed by atoms with Crippen LogP contribution in [0.3, 0.4) is 0 Å². The Balaban J connectivity index is 0.00000280. The number of carbonyl (C=O) groups is 1. The number of benzene rings is 1. The molecule has 3 rings (SSSR count). The van der Waals surface area contributed by atoms with Crippen molar-refractivity contribution < 1.29 is 4.79 Å². The zero-order chi connectivity index (χ0) is 19.1. The molecule has 1 saturated heterocycles. The number of guanidine groups is 1. The summed E-state index contributed by atoms with van der Waals surface area (Å²) in [7, 11) is 0. The molecule has 0 bridgehead atoms. The summed E-state index contributed by atoms with van der Waals surface area (Å²) in [5.74, 6) is 2.13. The number of carbonyl (C=O) groups excluding carboxylic acids is 1. The maximum atomic E-state index is 11.6. The fourth-order valence-electron chi connectivity index (χ4n) is 3.50. The Morgan fingerprint density at radius 3 is 2.82 bits per heavy atom. The van der Waals surface area contributed by atoms with E-state index in [0.717, 1.165) is 68.4 Å². The Kier molecular flexibility index (Phi) is 9.01. The van der Waals surface area contributed by atoms with Gasteiger partial charge in [-0.05, 0) is 38.8 Å². The Labute approximate surface area is 184 Å². The molecule has 2 heterocycles. The normalized spacial score (nSPS) is 14.4. The Morgan fingerprint density at radius 1 is 1.25 bits per heavy atom. The quantitative estimate of drug-likeness (QED) is 0.254. The van der Waals surface area contributed by atoms with Gasteiger partial charge >= 0.3 is 0 Å². The van der Waals surface area contributed by atoms with Crippen molar-refractivity contribution in [1.82, 2.24) is 25.1 Å². The van der Waals surface area contributed by atoms with Gasteiger partial charge < -0.3 is 20.1 Å². The molecule has 154 valence electrons. The van der Waals surface area contributed by atoms with Crippen LogP contribution < -0.4 is 10.6 Å². The molecule has 1 aromatic heterocycles. The summed E-state index contributed by atoms with van der Waals surface area (Å²) < 4.78 is 2.23. The number of halogens is 1. The van der Waals surface area contributed by atoms with Crippen LogP contribution in [-0.4, -0.2) is 59.0 Å². The standard InChI is InChI=1S/C20H30N6O.HI/c1-3-21-20(22-11-7-14-25-13-6-10-19(25)27)23-12-15-26-16(2)24-17-8-4-5-9-18(17)26;/h4-5,8-9H,3,6-7,10-15H2,1-2H3,(H2,21,22,23);1H. The van der Waals surface area contributed by atoms with Gasteiger partial charge in [-0.15, -0.1) is 24.0 Å². The van der Waals surface area contributed by atoms with Gasteiger partial charge in [0, 0.05) is 45.7 Å². The summed E-state index contributed by atoms with van der Waals surface area (Å²) >= 11 is 0. The van der Waals surface area contributed by atoms with E-state index in [1.165, 1.54) is 0 Å². The molecule has 8 heteroatoms. The highest BCUT2D eigenvalue weighted by molar-refractivity contribution is 14.0. The van der Waals surface area contributed by atoms with Gasteiger partial charge in [-0.25, -0.2) is 4.98 Å². The zero-order valence-corrected chi connectivity index (χ0v) is 19.1. The minimum absolute atomic E-state index is 0. The Hall–Kier alpha value is -1.84. The van der Waals surface area contributed by atoms with E-state index >= 15 is 0 Å². The second-order valence-electron chi connectivity index (χ2n) is 6.82. The first kappa shape index (κ1) is 22.4. The predicted molar refractivity (Wildman–Crippen MR) is 124 cm³/mol. The van der Waals surface area contributed by atoms with E-state index in [2.05, 4.69) is 38.2 Å². The van der Waals surface area contributed by atoms with Gasteiger partial charge in [0.1, 0.15) is 5.82 Å². The summed E-state index contributed by atoms with van der Waals surface area (Å²) in [5, 5.41) is 6.68. The third kappa shape index (κ3) is 5.83. The molecule has 1 amide bonds. The minimum Gasteiger partial charge on any atom is -0.357 e. The van der Waals surface area contributed by atoms with Crippen molar-refractivity contribution in [3.05, 3.63) is 30.1 Å². The van der Waals surface area contributed by atoms with E-state index in [1.54, 1.807) is 0 Å². The van der Waals surface area contributed by atoms with Crippen molar-refractivity contribution in [1.29, 1.82) is 0 Å². The van der Waals surface area contributed by atoms with Crippen molar-refractivity contribution in [2.45, 2.75) is 39.7 Å². The number of nitrogens with one attached hydrogen (secondary N) is 2. The number of fused-ring (bicyclic) bond motifs is 1. The number of rotatable bonds is 8. The van der Waals surface area contributed by atoms with Crippen molar-refractivity contribution in [3.63, 3.8) is 0 Å². The fourth-order valence-corrected chi connectivity index (χ4v) is 3.50. The van der Waals surface area contributed by atoms with Crippen LogP contribution in [0, 0.1) is 6.92 Å². The molecule has 7 nitrogen and oxygen atoms in total. The van der Waals surface area contributed by atoms with E-state index in [9.17, 15) is 4.79 Å². The predicted octanol–water partition coefficient (Wildman–Crippen LogP) is 2.53. The molecular formula is C20H31IN6O. The second kappa shape index (κ2) is 11.2. The minimum atomic E-state index is 0. The number of aromatic nitrogens is 2. The number of amides is 1. The number of aryl methyl sites for hydroxylation is 1. The largest absolute Gasteiger partial charge is 0.357 e. The Morgan fingerprint density at radius 2 is 2.07 bits per heavy atom. The average Bonchev–Trinajstić information content (AvgIpc) is 3.21. The van der Waals surface area contributed by atoms with E-state index < -0.39 is 0 Å². The molecule has 0 atom stereocenters. The lowest BCUT2D eigenvalue weighted by Gasteiger charge is -2.15. The summed E-state index contributed by atoms with van der Waals surface area (Å²) in [6, 6.07) is 8.21. The number of para-hydroxylation sites is 2. The third-order valence-corrected chi connectivity index (χ3v) is 4.84. The summed E-state index contributed by atoms with van der Waals surface area (Å²) in [5.41, 5.74) is 2.20. The van der Waals surface area contributed by atoms with Gasteiger partial charge in [-0.3, -0.25) is 9.79 Å². The third-order valence-electron chi connectivity index (χ3n) is 4.84. The lowest BCUT2D eigenvalue weighted by Crippen LogP contribution is -2.39. The van der Waals surface area contributed by atoms with Crippen LogP contribution in [0.1, 0.15) is 32.0 Å². The molecule has 2 N–H and O–H groups in total. The van der Waals surface area contributed by atoms with Crippen LogP contribution in [0.15, 0.2) is 29.3 Å². The van der Waals surface area contributed by atoms with Crippen molar-refractivity contribution in [2.75, 3.05) is 32.7 Å². The highest BCUT2D eigenvalue weighted by Crippen LogP contribution is 2.14. The number of hydrogen-bond donors (Lipinski definition) is 2. The molecule has 28 heavy (non-hydrogen) atoms. The van der Waals surface area contributed by atoms with Gasteiger partial charge in [0.05, 0.1) is 11.0 Å². The molecule has 0 aliphatic carbocycles. The Bertz CT molecular complexity index is 803. The van der Waals surface area contributed by atoms with Crippen molar-refractivity contribution >= 4 is 46.9 Å². The number of likely N-dealkylation sites (tertiary alicyclic amines) is 1. The van der Waals surface area contributed by atoms with Crippen LogP contribution in [0.2, 0.25) is 0 Å². The van der Waals surface area contributed by atoms with Crippen molar-refractivity contribution in [2.24, 2.45) is 4.99 Å². The number of aliphatic imine (C=N–C) groups is 1. The van der Waals surface area contributed by atoms with E-state index in [-0.39, 0.29) is 29.9 Å². The molecule has 2 aromatic rings. The summed E-state index contributed by atoms with van der Waals surface area (Å²) in [4.78, 5) is 22.8. The van der Waals surface area contributed by atoms with E-state index in [4.69, 9.17) is 0 Å². The monoisotopic (exact) mass is 498 g/mol. The van der Waals surface area contributed by atoms with Crippen LogP contribution in [0.25, 0.3) is 11.0 Å². The first-order chi connectivity index (χ1) is 13.2. The fraction of sp³-hybridized carbons (Fsp3) is 0.550. The van der Waals surface area contributed by atoms with E-state index in [0.29, 0.717) is 13.0 Å².